The zero-order valence-electron chi connectivity index (χ0n) is 15.0. The number of methoxy groups -OCH3 is 1. The van der Waals surface area contributed by atoms with E-state index in [0.717, 1.165) is 4.88 Å². The molecule has 3 aromatic rings. The molecule has 0 fully saturated rings. The van der Waals surface area contributed by atoms with Crippen LogP contribution in [-0.4, -0.2) is 28.8 Å². The molecule has 0 saturated heterocycles. The van der Waals surface area contributed by atoms with Crippen LogP contribution in [0.5, 0.6) is 5.75 Å². The number of Topliss-reactive ketones (excluding diaryl/α,β-unsaturated/α-hetero) is 1. The maximum atomic E-state index is 13.0. The molecule has 4 rings (SSSR count). The van der Waals surface area contributed by atoms with E-state index < -0.39 is 23.5 Å². The third-order valence-corrected chi connectivity index (χ3v) is 5.49. The quantitative estimate of drug-likeness (QED) is 0.635. The van der Waals surface area contributed by atoms with Crippen molar-refractivity contribution in [1.29, 1.82) is 0 Å². The number of benzene rings is 1. The minimum absolute atomic E-state index is 0.0154. The second-order valence-electron chi connectivity index (χ2n) is 6.26. The molecule has 1 amide bonds. The minimum Gasteiger partial charge on any atom is -0.503 e. The van der Waals surface area contributed by atoms with Gasteiger partial charge in [0, 0.05) is 4.88 Å². The number of ketones is 1. The number of thiophene rings is 1. The Balaban J connectivity index is 1.79. The predicted octanol–water partition coefficient (Wildman–Crippen LogP) is 4.13. The van der Waals surface area contributed by atoms with Gasteiger partial charge in [-0.2, -0.15) is 0 Å². The lowest BCUT2D eigenvalue weighted by molar-refractivity contribution is -0.130. The molecule has 1 N–H and O–H groups in total. The summed E-state index contributed by atoms with van der Waals surface area (Å²) >= 11 is 1.51. The van der Waals surface area contributed by atoms with Crippen molar-refractivity contribution >= 4 is 23.0 Å². The van der Waals surface area contributed by atoms with Gasteiger partial charge >= 0.3 is 0 Å². The van der Waals surface area contributed by atoms with Gasteiger partial charge in [-0.1, -0.05) is 18.2 Å². The van der Waals surface area contributed by atoms with Gasteiger partial charge < -0.3 is 19.2 Å². The molecule has 7 heteroatoms. The van der Waals surface area contributed by atoms with Crippen molar-refractivity contribution < 1.29 is 23.8 Å². The molecular formula is C21H17NO5S. The van der Waals surface area contributed by atoms with E-state index in [1.54, 1.807) is 37.4 Å². The van der Waals surface area contributed by atoms with Crippen LogP contribution in [0.4, 0.5) is 0 Å². The lowest BCUT2D eigenvalue weighted by Gasteiger charge is -2.26. The van der Waals surface area contributed by atoms with E-state index >= 15 is 0 Å². The second-order valence-corrected chi connectivity index (χ2v) is 7.29. The van der Waals surface area contributed by atoms with Crippen LogP contribution in [-0.2, 0) is 11.3 Å². The Morgan fingerprint density at radius 2 is 2.00 bits per heavy atom. The summed E-state index contributed by atoms with van der Waals surface area (Å²) in [6.45, 7) is 0.284. The van der Waals surface area contributed by atoms with Crippen molar-refractivity contribution in [3.63, 3.8) is 0 Å². The van der Waals surface area contributed by atoms with E-state index in [4.69, 9.17) is 9.15 Å². The monoisotopic (exact) mass is 395 g/mol. The molecule has 6 nitrogen and oxygen atoms in total. The summed E-state index contributed by atoms with van der Waals surface area (Å²) < 4.78 is 10.4. The topological polar surface area (TPSA) is 80.0 Å². The summed E-state index contributed by atoms with van der Waals surface area (Å²) in [5, 5.41) is 12.5. The Kier molecular flexibility index (Phi) is 4.75. The largest absolute Gasteiger partial charge is 0.503 e. The van der Waals surface area contributed by atoms with E-state index in [9.17, 15) is 14.7 Å². The lowest BCUT2D eigenvalue weighted by atomic mass is 9.95. The summed E-state index contributed by atoms with van der Waals surface area (Å²) in [5.74, 6) is -0.899. The number of nitrogens with zero attached hydrogens (tertiary/aromatic N) is 1. The molecule has 0 radical (unpaired) electrons. The molecule has 0 bridgehead atoms. The number of carbonyl (C=O) groups excluding carboxylic acids is 2. The van der Waals surface area contributed by atoms with Gasteiger partial charge in [-0.05, 0) is 41.3 Å². The van der Waals surface area contributed by atoms with Gasteiger partial charge in [0.1, 0.15) is 5.75 Å². The van der Waals surface area contributed by atoms with Crippen molar-refractivity contribution in [1.82, 2.24) is 4.90 Å². The first-order chi connectivity index (χ1) is 13.6. The van der Waals surface area contributed by atoms with Crippen molar-refractivity contribution in [2.24, 2.45) is 0 Å². The maximum absolute atomic E-state index is 13.0. The highest BCUT2D eigenvalue weighted by molar-refractivity contribution is 7.09. The molecule has 1 atom stereocenters. The highest BCUT2D eigenvalue weighted by atomic mass is 32.1. The van der Waals surface area contributed by atoms with Crippen molar-refractivity contribution in [2.75, 3.05) is 7.11 Å². The number of carbonyl (C=O) groups is 2. The summed E-state index contributed by atoms with van der Waals surface area (Å²) in [4.78, 5) is 28.3. The normalized spacial score (nSPS) is 16.7. The highest BCUT2D eigenvalue weighted by Gasteiger charge is 2.44. The molecule has 28 heavy (non-hydrogen) atoms. The van der Waals surface area contributed by atoms with E-state index in [1.165, 1.54) is 28.6 Å². The average molecular weight is 395 g/mol. The fraction of sp³-hybridized carbons (Fsp3) is 0.143. The van der Waals surface area contributed by atoms with Crippen LogP contribution in [0.15, 0.2) is 75.9 Å². The zero-order valence-corrected chi connectivity index (χ0v) is 15.8. The average Bonchev–Trinajstić information content (AvgIpc) is 3.46. The first-order valence-corrected chi connectivity index (χ1v) is 9.46. The number of ether oxygens (including phenoxy) is 1. The number of aliphatic hydroxyl groups excluding tert-OH is 1. The fourth-order valence-electron chi connectivity index (χ4n) is 3.29. The Hall–Kier alpha value is -3.32. The van der Waals surface area contributed by atoms with Gasteiger partial charge in [-0.15, -0.1) is 11.3 Å². The number of furan rings is 1. The van der Waals surface area contributed by atoms with E-state index in [1.807, 2.05) is 17.5 Å². The Morgan fingerprint density at radius 3 is 2.61 bits per heavy atom. The molecule has 1 unspecified atom stereocenters. The first-order valence-electron chi connectivity index (χ1n) is 8.58. The molecule has 2 aromatic heterocycles. The standard InChI is InChI=1S/C21H17NO5S/c1-26-14-8-6-13(7-9-14)18-17(19(23)16-5-2-10-27-16)20(24)21(25)22(18)12-15-4-3-11-28-15/h2-11,18,24H,12H2,1H3. The Bertz CT molecular complexity index is 1020. The predicted molar refractivity (Wildman–Crippen MR) is 103 cm³/mol. The first kappa shape index (κ1) is 18.1. The number of hydrogen-bond donors (Lipinski definition) is 1. The van der Waals surface area contributed by atoms with Gasteiger partial charge in [0.25, 0.3) is 5.91 Å². The summed E-state index contributed by atoms with van der Waals surface area (Å²) in [5.41, 5.74) is 0.714. The van der Waals surface area contributed by atoms with E-state index in [0.29, 0.717) is 11.3 Å². The van der Waals surface area contributed by atoms with Crippen LogP contribution in [0.2, 0.25) is 0 Å². The van der Waals surface area contributed by atoms with Crippen LogP contribution in [0.1, 0.15) is 27.0 Å². The minimum atomic E-state index is -0.724. The molecule has 0 saturated carbocycles. The summed E-state index contributed by atoms with van der Waals surface area (Å²) in [6.07, 6.45) is 1.38. The number of amides is 1. The number of hydrogen-bond acceptors (Lipinski definition) is 6. The molecule has 1 aliphatic rings. The van der Waals surface area contributed by atoms with Gasteiger partial charge in [0.2, 0.25) is 5.78 Å². The van der Waals surface area contributed by atoms with Crippen LogP contribution in [0.3, 0.4) is 0 Å². The van der Waals surface area contributed by atoms with Gasteiger partial charge in [0.15, 0.2) is 11.5 Å². The zero-order chi connectivity index (χ0) is 19.7. The summed E-state index contributed by atoms with van der Waals surface area (Å²) in [7, 11) is 1.56. The van der Waals surface area contributed by atoms with Gasteiger partial charge in [-0.25, -0.2) is 0 Å². The maximum Gasteiger partial charge on any atom is 0.290 e. The molecular weight excluding hydrogens is 378 g/mol. The van der Waals surface area contributed by atoms with E-state index in [2.05, 4.69) is 0 Å². The SMILES string of the molecule is COc1ccc(C2C(C(=O)c3ccco3)=C(O)C(=O)N2Cc2cccs2)cc1. The third-order valence-electron chi connectivity index (χ3n) is 4.63. The van der Waals surface area contributed by atoms with Crippen LogP contribution in [0.25, 0.3) is 0 Å². The van der Waals surface area contributed by atoms with Crippen molar-refractivity contribution in [3.8, 4) is 5.75 Å². The highest BCUT2D eigenvalue weighted by Crippen LogP contribution is 2.40. The third kappa shape index (κ3) is 3.10. The van der Waals surface area contributed by atoms with Gasteiger partial charge in [-0.3, -0.25) is 9.59 Å². The van der Waals surface area contributed by atoms with Gasteiger partial charge in [0.05, 0.1) is 31.5 Å². The molecule has 0 aliphatic carbocycles. The Morgan fingerprint density at radius 1 is 1.21 bits per heavy atom. The van der Waals surface area contributed by atoms with Crippen molar-refractivity contribution in [2.45, 2.75) is 12.6 Å². The molecule has 1 aliphatic heterocycles. The molecule has 0 spiro atoms. The van der Waals surface area contributed by atoms with Crippen molar-refractivity contribution in [3.05, 3.63) is 87.7 Å². The van der Waals surface area contributed by atoms with Crippen LogP contribution < -0.4 is 4.74 Å². The second kappa shape index (κ2) is 7.36. The lowest BCUT2D eigenvalue weighted by Crippen LogP contribution is -2.30. The molecule has 3 heterocycles. The Labute approximate surface area is 165 Å². The smallest absolute Gasteiger partial charge is 0.290 e. The molecule has 1 aromatic carbocycles. The summed E-state index contributed by atoms with van der Waals surface area (Å²) in [6, 6.07) is 13.3. The number of rotatable bonds is 6. The molecule has 142 valence electrons. The van der Waals surface area contributed by atoms with E-state index in [-0.39, 0.29) is 17.9 Å². The van der Waals surface area contributed by atoms with Crippen LogP contribution >= 0.6 is 11.3 Å². The van der Waals surface area contributed by atoms with Crippen LogP contribution in [0, 0.1) is 0 Å². The number of aliphatic hydroxyl groups is 1. The fourth-order valence-corrected chi connectivity index (χ4v) is 4.00.